The SMILES string of the molecule is CC(C)c1ccccc1-c1ccc([C@H]2CCN(C(=O)c3cnccn3)C2)c(CO)c1. The fraction of sp³-hybridized carbons (Fsp3) is 0.320. The first kappa shape index (κ1) is 20.2. The zero-order valence-corrected chi connectivity index (χ0v) is 17.5. The van der Waals surface area contributed by atoms with Gasteiger partial charge in [0.25, 0.3) is 5.91 Å². The highest BCUT2D eigenvalue weighted by Gasteiger charge is 2.30. The summed E-state index contributed by atoms with van der Waals surface area (Å²) in [6, 6.07) is 14.8. The highest BCUT2D eigenvalue weighted by atomic mass is 16.3. The number of aromatic nitrogens is 2. The van der Waals surface area contributed by atoms with Gasteiger partial charge in [-0.1, -0.05) is 50.2 Å². The van der Waals surface area contributed by atoms with E-state index >= 15 is 0 Å². The molecule has 4 rings (SSSR count). The fourth-order valence-electron chi connectivity index (χ4n) is 4.34. The lowest BCUT2D eigenvalue weighted by atomic mass is 9.88. The summed E-state index contributed by atoms with van der Waals surface area (Å²) < 4.78 is 0. The standard InChI is InChI=1S/C25H27N3O2/c1-17(2)21-5-3-4-6-23(21)18-7-8-22(20(13-18)16-29)19-9-12-28(15-19)25(30)24-14-26-10-11-27-24/h3-8,10-11,13-14,17,19,29H,9,12,15-16H2,1-2H3/t19-/m0/s1. The Kier molecular flexibility index (Phi) is 5.91. The maximum absolute atomic E-state index is 12.7. The molecule has 1 N–H and O–H groups in total. The number of carbonyl (C=O) groups is 1. The summed E-state index contributed by atoms with van der Waals surface area (Å²) in [6.45, 7) is 5.69. The van der Waals surface area contributed by atoms with Gasteiger partial charge in [0.05, 0.1) is 12.8 Å². The van der Waals surface area contributed by atoms with Crippen LogP contribution in [0.2, 0.25) is 0 Å². The molecule has 0 aliphatic carbocycles. The maximum atomic E-state index is 12.7. The van der Waals surface area contributed by atoms with Crippen molar-refractivity contribution in [3.05, 3.63) is 83.4 Å². The number of likely N-dealkylation sites (tertiary alicyclic amines) is 1. The topological polar surface area (TPSA) is 66.3 Å². The van der Waals surface area contributed by atoms with Crippen LogP contribution in [0.3, 0.4) is 0 Å². The van der Waals surface area contributed by atoms with Crippen LogP contribution >= 0.6 is 0 Å². The van der Waals surface area contributed by atoms with E-state index in [0.29, 0.717) is 24.7 Å². The van der Waals surface area contributed by atoms with Gasteiger partial charge in [0.15, 0.2) is 0 Å². The van der Waals surface area contributed by atoms with Crippen molar-refractivity contribution >= 4 is 5.91 Å². The zero-order valence-electron chi connectivity index (χ0n) is 17.5. The number of carbonyl (C=O) groups excluding carboxylic acids is 1. The van der Waals surface area contributed by atoms with E-state index in [9.17, 15) is 9.90 Å². The molecule has 0 bridgehead atoms. The Balaban J connectivity index is 1.58. The number of nitrogens with zero attached hydrogens (tertiary/aromatic N) is 3. The van der Waals surface area contributed by atoms with Crippen molar-refractivity contribution in [3.63, 3.8) is 0 Å². The number of hydrogen-bond acceptors (Lipinski definition) is 4. The molecule has 1 aromatic heterocycles. The maximum Gasteiger partial charge on any atom is 0.274 e. The Morgan fingerprint density at radius 1 is 1.20 bits per heavy atom. The van der Waals surface area contributed by atoms with Gasteiger partial charge in [0.2, 0.25) is 0 Å². The van der Waals surface area contributed by atoms with Gasteiger partial charge in [-0.3, -0.25) is 9.78 Å². The number of amides is 1. The molecule has 3 aromatic rings. The third-order valence-corrected chi connectivity index (χ3v) is 5.90. The number of benzene rings is 2. The molecule has 5 heteroatoms. The van der Waals surface area contributed by atoms with Gasteiger partial charge in [0.1, 0.15) is 5.69 Å². The fourth-order valence-corrected chi connectivity index (χ4v) is 4.34. The lowest BCUT2D eigenvalue weighted by Gasteiger charge is -2.19. The van der Waals surface area contributed by atoms with E-state index < -0.39 is 0 Å². The van der Waals surface area contributed by atoms with Gasteiger partial charge in [-0.05, 0) is 46.2 Å². The summed E-state index contributed by atoms with van der Waals surface area (Å²) in [5, 5.41) is 10.1. The lowest BCUT2D eigenvalue weighted by Crippen LogP contribution is -2.29. The highest BCUT2D eigenvalue weighted by Crippen LogP contribution is 2.35. The summed E-state index contributed by atoms with van der Waals surface area (Å²) in [5.41, 5.74) is 6.07. The van der Waals surface area contributed by atoms with Crippen molar-refractivity contribution in [2.75, 3.05) is 13.1 Å². The van der Waals surface area contributed by atoms with Crippen molar-refractivity contribution in [1.29, 1.82) is 0 Å². The molecule has 0 radical (unpaired) electrons. The molecule has 1 fully saturated rings. The molecule has 30 heavy (non-hydrogen) atoms. The van der Waals surface area contributed by atoms with Gasteiger partial charge in [-0.25, -0.2) is 4.98 Å². The van der Waals surface area contributed by atoms with Crippen molar-refractivity contribution in [2.45, 2.75) is 38.7 Å². The van der Waals surface area contributed by atoms with Crippen LogP contribution in [0.4, 0.5) is 0 Å². The predicted molar refractivity (Wildman–Crippen MR) is 117 cm³/mol. The molecule has 5 nitrogen and oxygen atoms in total. The Labute approximate surface area is 177 Å². The van der Waals surface area contributed by atoms with Crippen LogP contribution in [-0.4, -0.2) is 39.0 Å². The van der Waals surface area contributed by atoms with Crippen LogP contribution in [0.1, 0.15) is 59.3 Å². The summed E-state index contributed by atoms with van der Waals surface area (Å²) >= 11 is 0. The molecule has 1 aliphatic heterocycles. The first-order valence-corrected chi connectivity index (χ1v) is 10.5. The Morgan fingerprint density at radius 2 is 2.03 bits per heavy atom. The molecular formula is C25H27N3O2. The van der Waals surface area contributed by atoms with Crippen LogP contribution in [-0.2, 0) is 6.61 Å². The molecule has 1 atom stereocenters. The second kappa shape index (κ2) is 8.76. The van der Waals surface area contributed by atoms with Crippen LogP contribution in [0.15, 0.2) is 61.1 Å². The van der Waals surface area contributed by atoms with E-state index in [4.69, 9.17) is 0 Å². The Hall–Kier alpha value is -3.05. The molecule has 0 saturated carbocycles. The van der Waals surface area contributed by atoms with E-state index in [2.05, 4.69) is 66.3 Å². The van der Waals surface area contributed by atoms with E-state index in [0.717, 1.165) is 23.1 Å². The van der Waals surface area contributed by atoms with Crippen LogP contribution in [0.25, 0.3) is 11.1 Å². The minimum absolute atomic E-state index is 0.0123. The van der Waals surface area contributed by atoms with Crippen molar-refractivity contribution in [3.8, 4) is 11.1 Å². The third kappa shape index (κ3) is 3.98. The summed E-state index contributed by atoms with van der Waals surface area (Å²) in [5.74, 6) is 0.551. The van der Waals surface area contributed by atoms with Gasteiger partial charge in [0, 0.05) is 31.4 Å². The monoisotopic (exact) mass is 401 g/mol. The Morgan fingerprint density at radius 3 is 2.77 bits per heavy atom. The van der Waals surface area contributed by atoms with Crippen molar-refractivity contribution in [1.82, 2.24) is 14.9 Å². The number of rotatable bonds is 5. The van der Waals surface area contributed by atoms with Gasteiger partial charge < -0.3 is 10.0 Å². The average molecular weight is 402 g/mol. The van der Waals surface area contributed by atoms with Gasteiger partial charge in [-0.2, -0.15) is 0 Å². The summed E-state index contributed by atoms with van der Waals surface area (Å²) in [7, 11) is 0. The molecule has 1 amide bonds. The van der Waals surface area contributed by atoms with Crippen LogP contribution in [0.5, 0.6) is 0 Å². The summed E-state index contributed by atoms with van der Waals surface area (Å²) in [4.78, 5) is 22.6. The van der Waals surface area contributed by atoms with Crippen molar-refractivity contribution in [2.24, 2.45) is 0 Å². The van der Waals surface area contributed by atoms with Crippen LogP contribution in [0, 0.1) is 0 Å². The lowest BCUT2D eigenvalue weighted by molar-refractivity contribution is 0.0784. The largest absolute Gasteiger partial charge is 0.392 e. The molecule has 1 saturated heterocycles. The van der Waals surface area contributed by atoms with Gasteiger partial charge in [-0.15, -0.1) is 0 Å². The molecule has 1 aliphatic rings. The minimum Gasteiger partial charge on any atom is -0.392 e. The molecule has 0 spiro atoms. The zero-order chi connectivity index (χ0) is 21.1. The number of hydrogen-bond donors (Lipinski definition) is 1. The smallest absolute Gasteiger partial charge is 0.274 e. The van der Waals surface area contributed by atoms with E-state index in [1.165, 1.54) is 17.3 Å². The van der Waals surface area contributed by atoms with E-state index in [-0.39, 0.29) is 18.4 Å². The van der Waals surface area contributed by atoms with E-state index in [1.807, 2.05) is 4.90 Å². The number of aliphatic hydroxyl groups excluding tert-OH is 1. The normalized spacial score (nSPS) is 16.3. The van der Waals surface area contributed by atoms with Gasteiger partial charge >= 0.3 is 0 Å². The van der Waals surface area contributed by atoms with Crippen molar-refractivity contribution < 1.29 is 9.90 Å². The first-order valence-electron chi connectivity index (χ1n) is 10.5. The second-order valence-corrected chi connectivity index (χ2v) is 8.14. The number of aliphatic hydroxyl groups is 1. The second-order valence-electron chi connectivity index (χ2n) is 8.14. The minimum atomic E-state index is -0.0846. The summed E-state index contributed by atoms with van der Waals surface area (Å²) in [6.07, 6.45) is 5.49. The highest BCUT2D eigenvalue weighted by molar-refractivity contribution is 5.92. The molecule has 2 heterocycles. The molecular weight excluding hydrogens is 374 g/mol. The van der Waals surface area contributed by atoms with E-state index in [1.54, 1.807) is 12.4 Å². The molecule has 0 unspecified atom stereocenters. The van der Waals surface area contributed by atoms with Crippen LogP contribution < -0.4 is 0 Å². The molecule has 154 valence electrons. The quantitative estimate of drug-likeness (QED) is 0.689. The molecule has 2 aromatic carbocycles. The average Bonchev–Trinajstić information content (AvgIpc) is 3.28. The first-order chi connectivity index (χ1) is 14.6. The third-order valence-electron chi connectivity index (χ3n) is 5.90. The predicted octanol–water partition coefficient (Wildman–Crippen LogP) is 4.39. The Bertz CT molecular complexity index is 1030.